The van der Waals surface area contributed by atoms with Crippen LogP contribution in [0.4, 0.5) is 0 Å². The highest BCUT2D eigenvalue weighted by molar-refractivity contribution is 5.85. The summed E-state index contributed by atoms with van der Waals surface area (Å²) in [7, 11) is 0. The van der Waals surface area contributed by atoms with Crippen molar-refractivity contribution in [1.29, 1.82) is 0 Å². The SMILES string of the molecule is CCCCCC1CCCC12CCC(C1(C)CCC(O)C34C1C(OC(C)=O)CC(C)(C=CC3(O)CCC(C)CCCc1ccccc1)C4(O)CCC1=CC(=O)OC1)C2. The van der Waals surface area contributed by atoms with E-state index < -0.39 is 45.6 Å². The maximum absolute atomic E-state index is 14.0. The molecule has 2 bridgehead atoms. The molecule has 0 aromatic heterocycles. The molecule has 1 aliphatic heterocycles. The molecular weight excluding hydrogens is 713 g/mol. The van der Waals surface area contributed by atoms with Crippen molar-refractivity contribution in [2.45, 2.75) is 186 Å². The predicted molar refractivity (Wildman–Crippen MR) is 224 cm³/mol. The molecule has 12 unspecified atom stereocenters. The van der Waals surface area contributed by atoms with E-state index in [9.17, 15) is 24.9 Å². The summed E-state index contributed by atoms with van der Waals surface area (Å²) in [6.07, 6.45) is 22.8. The number of carbonyl (C=O) groups is 2. The summed E-state index contributed by atoms with van der Waals surface area (Å²) in [6.45, 7) is 10.6. The third-order valence-corrected chi connectivity index (χ3v) is 17.4. The lowest BCUT2D eigenvalue weighted by Gasteiger charge is -2.76. The van der Waals surface area contributed by atoms with Crippen LogP contribution in [0.15, 0.2) is 54.1 Å². The third-order valence-electron chi connectivity index (χ3n) is 17.4. The first kappa shape index (κ1) is 42.6. The maximum Gasteiger partial charge on any atom is 0.331 e. The van der Waals surface area contributed by atoms with Gasteiger partial charge in [-0.05, 0) is 136 Å². The first-order valence-corrected chi connectivity index (χ1v) is 23.1. The Bertz CT molecular complexity index is 1650. The van der Waals surface area contributed by atoms with Crippen molar-refractivity contribution < 1.29 is 34.4 Å². The molecule has 1 aromatic rings. The first-order chi connectivity index (χ1) is 27.2. The van der Waals surface area contributed by atoms with Crippen molar-refractivity contribution in [2.75, 3.05) is 6.61 Å². The molecule has 7 nitrogen and oxygen atoms in total. The largest absolute Gasteiger partial charge is 0.462 e. The summed E-state index contributed by atoms with van der Waals surface area (Å²) in [6, 6.07) is 10.6. The van der Waals surface area contributed by atoms with E-state index in [4.69, 9.17) is 9.47 Å². The van der Waals surface area contributed by atoms with Crippen molar-refractivity contribution in [3.05, 3.63) is 59.7 Å². The highest BCUT2D eigenvalue weighted by Gasteiger charge is 2.82. The standard InChI is InChI=1S/C50H74O7/c1-6-7-9-18-39-19-13-24-47(39)26-22-40(32-47)46(5)25-23-42(52)50-44(46)41(57-36(3)51)33-45(4,49(50,55)28-21-38-31-43(53)56-34-38)29-30-48(50,54)27-20-35(2)14-12-17-37-15-10-8-11-16-37/h8,10-11,15-16,29-31,35,39-42,44,52,54-55H,6-7,9,12-14,17-28,32-34H2,1-5H3. The number of aliphatic hydroxyl groups excluding tert-OH is 1. The van der Waals surface area contributed by atoms with Crippen molar-refractivity contribution in [1.82, 2.24) is 0 Å². The third kappa shape index (κ3) is 7.40. The minimum Gasteiger partial charge on any atom is -0.462 e. The van der Waals surface area contributed by atoms with Gasteiger partial charge in [0.1, 0.15) is 12.7 Å². The normalized spacial score (nSPS) is 41.5. The average Bonchev–Trinajstić information content (AvgIpc) is 3.92. The number of cyclic esters (lactones) is 1. The molecule has 7 rings (SSSR count). The quantitative estimate of drug-likeness (QED) is 0.0869. The fraction of sp³-hybridized carbons (Fsp3) is 0.760. The number of aliphatic hydroxyl groups is 3. The topological polar surface area (TPSA) is 113 Å². The van der Waals surface area contributed by atoms with Gasteiger partial charge in [-0.1, -0.05) is 102 Å². The van der Waals surface area contributed by atoms with Gasteiger partial charge in [-0.25, -0.2) is 4.79 Å². The molecule has 316 valence electrons. The van der Waals surface area contributed by atoms with Crippen LogP contribution in [-0.4, -0.2) is 57.3 Å². The van der Waals surface area contributed by atoms with Crippen LogP contribution in [0.25, 0.3) is 0 Å². The number of carbonyl (C=O) groups excluding carboxylic acids is 2. The van der Waals surface area contributed by atoms with Crippen LogP contribution in [0.2, 0.25) is 0 Å². The molecule has 2 spiro atoms. The number of rotatable bonds is 16. The van der Waals surface area contributed by atoms with E-state index >= 15 is 0 Å². The number of fused-ring (bicyclic) bond motifs is 1. The number of aryl methyl sites for hydroxylation is 1. The summed E-state index contributed by atoms with van der Waals surface area (Å²) >= 11 is 0. The average molecular weight is 787 g/mol. The molecule has 1 aromatic carbocycles. The molecule has 4 saturated carbocycles. The first-order valence-electron chi connectivity index (χ1n) is 23.1. The van der Waals surface area contributed by atoms with Crippen LogP contribution in [-0.2, 0) is 25.5 Å². The molecule has 3 N–H and O–H groups in total. The predicted octanol–water partition coefficient (Wildman–Crippen LogP) is 9.99. The second kappa shape index (κ2) is 16.5. The Labute approximate surface area is 343 Å². The number of esters is 2. The Morgan fingerprint density at radius 2 is 1.74 bits per heavy atom. The highest BCUT2D eigenvalue weighted by atomic mass is 16.5. The van der Waals surface area contributed by atoms with Gasteiger partial charge in [0.05, 0.1) is 22.7 Å². The molecule has 0 radical (unpaired) electrons. The minimum atomic E-state index is -1.57. The number of hydrogen-bond acceptors (Lipinski definition) is 7. The lowest BCUT2D eigenvalue weighted by molar-refractivity contribution is -0.361. The number of hydrogen-bond donors (Lipinski definition) is 3. The fourth-order valence-electron chi connectivity index (χ4n) is 14.6. The Hall–Kier alpha value is -2.48. The van der Waals surface area contributed by atoms with Gasteiger partial charge in [0, 0.05) is 24.3 Å². The van der Waals surface area contributed by atoms with Crippen LogP contribution in [0.1, 0.15) is 162 Å². The van der Waals surface area contributed by atoms with E-state index in [-0.39, 0.29) is 25.0 Å². The lowest BCUT2D eigenvalue weighted by Crippen LogP contribution is -2.83. The smallest absolute Gasteiger partial charge is 0.331 e. The van der Waals surface area contributed by atoms with E-state index in [1.54, 1.807) is 0 Å². The van der Waals surface area contributed by atoms with Gasteiger partial charge in [-0.2, -0.15) is 0 Å². The summed E-state index contributed by atoms with van der Waals surface area (Å²) in [4.78, 5) is 25.4. The number of ether oxygens (including phenoxy) is 2. The van der Waals surface area contributed by atoms with Crippen LogP contribution >= 0.6 is 0 Å². The Balaban J connectivity index is 1.28. The number of unbranched alkanes of at least 4 members (excludes halogenated alkanes) is 2. The summed E-state index contributed by atoms with van der Waals surface area (Å²) in [5.74, 6) is 0.173. The van der Waals surface area contributed by atoms with Gasteiger partial charge in [0.2, 0.25) is 0 Å². The van der Waals surface area contributed by atoms with Crippen LogP contribution in [0.5, 0.6) is 0 Å². The van der Waals surface area contributed by atoms with Gasteiger partial charge in [0.25, 0.3) is 0 Å². The lowest BCUT2D eigenvalue weighted by atomic mass is 9.31. The Morgan fingerprint density at radius 3 is 2.46 bits per heavy atom. The van der Waals surface area contributed by atoms with Crippen LogP contribution in [0.3, 0.4) is 0 Å². The zero-order chi connectivity index (χ0) is 40.7. The zero-order valence-corrected chi connectivity index (χ0v) is 35.9. The van der Waals surface area contributed by atoms with Gasteiger partial charge in [-0.15, -0.1) is 0 Å². The van der Waals surface area contributed by atoms with E-state index in [0.717, 1.165) is 56.4 Å². The van der Waals surface area contributed by atoms with E-state index in [1.165, 1.54) is 69.9 Å². The van der Waals surface area contributed by atoms with E-state index in [1.807, 2.05) is 25.1 Å². The molecule has 4 fully saturated rings. The Kier molecular flexibility index (Phi) is 12.4. The van der Waals surface area contributed by atoms with Gasteiger partial charge in [0.15, 0.2) is 0 Å². The maximum atomic E-state index is 14.0. The molecule has 6 aliphatic rings. The van der Waals surface area contributed by atoms with Crippen molar-refractivity contribution in [2.24, 2.45) is 45.3 Å². The van der Waals surface area contributed by atoms with E-state index in [2.05, 4.69) is 45.0 Å². The Morgan fingerprint density at radius 1 is 0.947 bits per heavy atom. The summed E-state index contributed by atoms with van der Waals surface area (Å²) in [5.41, 5.74) is -3.39. The van der Waals surface area contributed by atoms with Crippen LogP contribution < -0.4 is 0 Å². The zero-order valence-electron chi connectivity index (χ0n) is 35.9. The molecule has 0 saturated heterocycles. The van der Waals surface area contributed by atoms with Crippen molar-refractivity contribution >= 4 is 11.9 Å². The van der Waals surface area contributed by atoms with Crippen molar-refractivity contribution in [3.8, 4) is 0 Å². The van der Waals surface area contributed by atoms with Crippen LogP contribution in [0, 0.1) is 45.3 Å². The molecular formula is C50H74O7. The molecule has 0 amide bonds. The number of benzene rings is 1. The second-order valence-corrected chi connectivity index (χ2v) is 20.6. The van der Waals surface area contributed by atoms with Gasteiger partial charge in [-0.3, -0.25) is 4.79 Å². The fourth-order valence-corrected chi connectivity index (χ4v) is 14.6. The summed E-state index contributed by atoms with van der Waals surface area (Å²) < 4.78 is 11.8. The van der Waals surface area contributed by atoms with Gasteiger partial charge < -0.3 is 24.8 Å². The summed E-state index contributed by atoms with van der Waals surface area (Å²) in [5, 5.41) is 40.7. The molecule has 57 heavy (non-hydrogen) atoms. The molecule has 7 heteroatoms. The molecule has 1 heterocycles. The van der Waals surface area contributed by atoms with Crippen molar-refractivity contribution in [3.63, 3.8) is 0 Å². The van der Waals surface area contributed by atoms with E-state index in [0.29, 0.717) is 42.9 Å². The highest BCUT2D eigenvalue weighted by Crippen LogP contribution is 2.76. The molecule has 5 aliphatic carbocycles. The monoisotopic (exact) mass is 787 g/mol. The molecule has 12 atom stereocenters. The minimum absolute atomic E-state index is 0.197. The van der Waals surface area contributed by atoms with Gasteiger partial charge >= 0.3 is 11.9 Å². The second-order valence-electron chi connectivity index (χ2n) is 20.6.